The smallest absolute Gasteiger partial charge is 0.153 e. The molecule has 0 amide bonds. The van der Waals surface area contributed by atoms with Crippen LogP contribution in [0.5, 0.6) is 0 Å². The summed E-state index contributed by atoms with van der Waals surface area (Å²) in [6.07, 6.45) is 0.493. The van der Waals surface area contributed by atoms with Gasteiger partial charge in [0, 0.05) is 23.8 Å². The van der Waals surface area contributed by atoms with E-state index in [2.05, 4.69) is 0 Å². The number of benzene rings is 1. The molecular weight excluding hydrogens is 276 g/mol. The molecule has 2 rings (SSSR count). The van der Waals surface area contributed by atoms with Gasteiger partial charge in [-0.15, -0.1) is 0 Å². The molecule has 0 heterocycles. The molecule has 0 atom stereocenters. The third-order valence-corrected chi connectivity index (χ3v) is 3.99. The van der Waals surface area contributed by atoms with Crippen LogP contribution in [0.2, 0.25) is 5.02 Å². The summed E-state index contributed by atoms with van der Waals surface area (Å²) in [5.41, 5.74) is 0.923. The predicted molar refractivity (Wildman–Crippen MR) is 76.8 cm³/mol. The normalized spacial score (nSPS) is 23.2. The molecule has 0 aromatic heterocycles. The topological polar surface area (TPSA) is 51.2 Å². The largest absolute Gasteiger partial charge is 0.298 e. The van der Waals surface area contributed by atoms with E-state index in [0.29, 0.717) is 5.02 Å². The lowest BCUT2D eigenvalue weighted by molar-refractivity contribution is -0.143. The molecule has 3 nitrogen and oxygen atoms in total. The Balaban J connectivity index is 2.18. The van der Waals surface area contributed by atoms with Crippen LogP contribution in [0.3, 0.4) is 0 Å². The van der Waals surface area contributed by atoms with E-state index in [9.17, 15) is 14.4 Å². The van der Waals surface area contributed by atoms with Gasteiger partial charge in [0.15, 0.2) is 17.3 Å². The quantitative estimate of drug-likeness (QED) is 0.804. The van der Waals surface area contributed by atoms with Gasteiger partial charge in [-0.1, -0.05) is 37.6 Å². The standard InChI is InChI=1S/C16H17ClO3/c1-9(2)16(20)15-13(18)7-11(8-14(15)19)10-3-5-12(17)6-4-10/h3-6,9,11,15H,7-8H2,1-2H3. The van der Waals surface area contributed by atoms with Gasteiger partial charge in [-0.3, -0.25) is 14.4 Å². The lowest BCUT2D eigenvalue weighted by Crippen LogP contribution is -2.39. The van der Waals surface area contributed by atoms with Gasteiger partial charge in [-0.2, -0.15) is 0 Å². The monoisotopic (exact) mass is 292 g/mol. The molecule has 0 unspecified atom stereocenters. The first-order chi connectivity index (χ1) is 9.40. The van der Waals surface area contributed by atoms with Crippen molar-refractivity contribution in [2.45, 2.75) is 32.6 Å². The molecule has 1 fully saturated rings. The summed E-state index contributed by atoms with van der Waals surface area (Å²) in [5, 5.41) is 0.620. The maximum Gasteiger partial charge on any atom is 0.153 e. The fourth-order valence-corrected chi connectivity index (χ4v) is 2.72. The highest BCUT2D eigenvalue weighted by molar-refractivity contribution is 6.30. The first-order valence-corrected chi connectivity index (χ1v) is 7.12. The van der Waals surface area contributed by atoms with E-state index < -0.39 is 5.92 Å². The number of ketones is 3. The van der Waals surface area contributed by atoms with Crippen LogP contribution < -0.4 is 0 Å². The summed E-state index contributed by atoms with van der Waals surface area (Å²) >= 11 is 5.83. The highest BCUT2D eigenvalue weighted by Crippen LogP contribution is 2.33. The molecule has 0 saturated heterocycles. The Morgan fingerprint density at radius 1 is 1.10 bits per heavy atom. The molecule has 1 saturated carbocycles. The molecule has 1 aromatic carbocycles. The summed E-state index contributed by atoms with van der Waals surface area (Å²) in [6.45, 7) is 3.43. The summed E-state index contributed by atoms with van der Waals surface area (Å²) in [5.74, 6) is -2.23. The van der Waals surface area contributed by atoms with E-state index in [1.807, 2.05) is 12.1 Å². The molecule has 0 aliphatic heterocycles. The summed E-state index contributed by atoms with van der Waals surface area (Å²) < 4.78 is 0. The number of hydrogen-bond donors (Lipinski definition) is 0. The van der Waals surface area contributed by atoms with E-state index in [0.717, 1.165) is 5.56 Å². The molecule has 1 aliphatic rings. The molecule has 106 valence electrons. The third-order valence-electron chi connectivity index (χ3n) is 3.73. The van der Waals surface area contributed by atoms with Crippen molar-refractivity contribution in [3.05, 3.63) is 34.9 Å². The minimum absolute atomic E-state index is 0.136. The second-order valence-electron chi connectivity index (χ2n) is 5.58. The Hall–Kier alpha value is -1.48. The first-order valence-electron chi connectivity index (χ1n) is 6.74. The van der Waals surface area contributed by atoms with Crippen molar-refractivity contribution < 1.29 is 14.4 Å². The van der Waals surface area contributed by atoms with Crippen LogP contribution in [0, 0.1) is 11.8 Å². The van der Waals surface area contributed by atoms with Crippen molar-refractivity contribution in [2.24, 2.45) is 11.8 Å². The minimum atomic E-state index is -1.04. The molecular formula is C16H17ClO3. The van der Waals surface area contributed by atoms with Crippen LogP contribution in [0.1, 0.15) is 38.2 Å². The number of halogens is 1. The fourth-order valence-electron chi connectivity index (χ4n) is 2.59. The van der Waals surface area contributed by atoms with Crippen LogP contribution in [0.15, 0.2) is 24.3 Å². The zero-order valence-electron chi connectivity index (χ0n) is 11.6. The van der Waals surface area contributed by atoms with Crippen molar-refractivity contribution in [1.29, 1.82) is 0 Å². The highest BCUT2D eigenvalue weighted by Gasteiger charge is 2.40. The summed E-state index contributed by atoms with van der Waals surface area (Å²) in [4.78, 5) is 36.2. The number of hydrogen-bond acceptors (Lipinski definition) is 3. The molecule has 1 aliphatic carbocycles. The average Bonchev–Trinajstić information content (AvgIpc) is 2.38. The second kappa shape index (κ2) is 5.88. The van der Waals surface area contributed by atoms with Crippen molar-refractivity contribution in [2.75, 3.05) is 0 Å². The van der Waals surface area contributed by atoms with Crippen molar-refractivity contribution in [3.8, 4) is 0 Å². The Labute approximate surface area is 123 Å². The van der Waals surface area contributed by atoms with Gasteiger partial charge in [0.05, 0.1) is 0 Å². The van der Waals surface area contributed by atoms with Gasteiger partial charge in [0.25, 0.3) is 0 Å². The lowest BCUT2D eigenvalue weighted by Gasteiger charge is -2.26. The zero-order chi connectivity index (χ0) is 14.9. The van der Waals surface area contributed by atoms with Crippen LogP contribution in [0.4, 0.5) is 0 Å². The van der Waals surface area contributed by atoms with E-state index in [4.69, 9.17) is 11.6 Å². The molecule has 1 aromatic rings. The van der Waals surface area contributed by atoms with E-state index in [-0.39, 0.29) is 42.0 Å². The Morgan fingerprint density at radius 2 is 1.60 bits per heavy atom. The number of carbonyl (C=O) groups is 3. The molecule has 0 bridgehead atoms. The molecule has 0 radical (unpaired) electrons. The zero-order valence-corrected chi connectivity index (χ0v) is 12.3. The van der Waals surface area contributed by atoms with Gasteiger partial charge in [-0.25, -0.2) is 0 Å². The van der Waals surface area contributed by atoms with Crippen LogP contribution in [-0.2, 0) is 14.4 Å². The molecule has 0 spiro atoms. The third kappa shape index (κ3) is 2.98. The first kappa shape index (κ1) is 14.9. The van der Waals surface area contributed by atoms with E-state index in [1.165, 1.54) is 0 Å². The van der Waals surface area contributed by atoms with Gasteiger partial charge in [0.1, 0.15) is 5.92 Å². The Kier molecular flexibility index (Phi) is 4.39. The average molecular weight is 293 g/mol. The maximum atomic E-state index is 12.1. The van der Waals surface area contributed by atoms with Crippen molar-refractivity contribution >= 4 is 29.0 Å². The van der Waals surface area contributed by atoms with Gasteiger partial charge in [-0.05, 0) is 23.6 Å². The number of Topliss-reactive ketones (excluding diaryl/α,β-unsaturated/α-hetero) is 3. The fraction of sp³-hybridized carbons (Fsp3) is 0.438. The lowest BCUT2D eigenvalue weighted by atomic mass is 9.74. The minimum Gasteiger partial charge on any atom is -0.298 e. The van der Waals surface area contributed by atoms with E-state index in [1.54, 1.807) is 26.0 Å². The highest BCUT2D eigenvalue weighted by atomic mass is 35.5. The molecule has 20 heavy (non-hydrogen) atoms. The number of rotatable bonds is 3. The predicted octanol–water partition coefficient (Wildman–Crippen LogP) is 3.20. The van der Waals surface area contributed by atoms with Gasteiger partial charge in [0.2, 0.25) is 0 Å². The SMILES string of the molecule is CC(C)C(=O)C1C(=O)CC(c2ccc(Cl)cc2)CC1=O. The molecule has 4 heteroatoms. The van der Waals surface area contributed by atoms with Gasteiger partial charge < -0.3 is 0 Å². The van der Waals surface area contributed by atoms with Crippen LogP contribution >= 0.6 is 11.6 Å². The maximum absolute atomic E-state index is 12.1. The van der Waals surface area contributed by atoms with Crippen molar-refractivity contribution in [1.82, 2.24) is 0 Å². The van der Waals surface area contributed by atoms with Gasteiger partial charge >= 0.3 is 0 Å². The summed E-state index contributed by atoms with van der Waals surface area (Å²) in [7, 11) is 0. The Morgan fingerprint density at radius 3 is 2.05 bits per heavy atom. The van der Waals surface area contributed by atoms with Crippen LogP contribution in [-0.4, -0.2) is 17.3 Å². The van der Waals surface area contributed by atoms with Crippen LogP contribution in [0.25, 0.3) is 0 Å². The number of carbonyl (C=O) groups excluding carboxylic acids is 3. The second-order valence-corrected chi connectivity index (χ2v) is 6.02. The Bertz CT molecular complexity index is 527. The summed E-state index contributed by atoms with van der Waals surface area (Å²) in [6, 6.07) is 7.16. The van der Waals surface area contributed by atoms with E-state index >= 15 is 0 Å². The molecule has 0 N–H and O–H groups in total. The van der Waals surface area contributed by atoms with Crippen molar-refractivity contribution in [3.63, 3.8) is 0 Å².